The third-order valence-electron chi connectivity index (χ3n) is 4.61. The fraction of sp³-hybridized carbons (Fsp3) is 0.100. The lowest BCUT2D eigenvalue weighted by Crippen LogP contribution is -2.39. The van der Waals surface area contributed by atoms with Gasteiger partial charge < -0.3 is 4.74 Å². The predicted octanol–water partition coefficient (Wildman–Crippen LogP) is 3.57. The van der Waals surface area contributed by atoms with Crippen LogP contribution in [0.2, 0.25) is 0 Å². The average molecular weight is 415 g/mol. The summed E-state index contributed by atoms with van der Waals surface area (Å²) in [6.07, 6.45) is 0. The zero-order chi connectivity index (χ0) is 20.1. The summed E-state index contributed by atoms with van der Waals surface area (Å²) in [6, 6.07) is 17.0. The van der Waals surface area contributed by atoms with E-state index in [2.05, 4.69) is 0 Å². The highest BCUT2D eigenvalue weighted by Crippen LogP contribution is 2.46. The summed E-state index contributed by atoms with van der Waals surface area (Å²) >= 11 is 0. The molecule has 0 fully saturated rings. The molecule has 28 heavy (non-hydrogen) atoms. The van der Waals surface area contributed by atoms with Gasteiger partial charge in [0, 0.05) is 11.1 Å². The molecule has 1 aliphatic rings. The Kier molecular flexibility index (Phi) is 4.20. The van der Waals surface area contributed by atoms with Gasteiger partial charge in [0.2, 0.25) is 0 Å². The largest absolute Gasteiger partial charge is 0.497 e. The van der Waals surface area contributed by atoms with Crippen LogP contribution in [0.25, 0.3) is 11.1 Å². The number of methoxy groups -OCH3 is 1. The summed E-state index contributed by atoms with van der Waals surface area (Å²) in [5.74, 6) is 0.500. The molecule has 3 aromatic carbocycles. The summed E-state index contributed by atoms with van der Waals surface area (Å²) in [5, 5.41) is 0. The highest BCUT2D eigenvalue weighted by molar-refractivity contribution is 8.10. The minimum atomic E-state index is -4.36. The van der Waals surface area contributed by atoms with Gasteiger partial charge in [0.15, 0.2) is 0 Å². The van der Waals surface area contributed by atoms with Crippen LogP contribution in [0.3, 0.4) is 0 Å². The Morgan fingerprint density at radius 2 is 1.57 bits per heavy atom. The number of anilines is 1. The van der Waals surface area contributed by atoms with E-state index in [0.29, 0.717) is 20.6 Å². The van der Waals surface area contributed by atoms with Crippen molar-refractivity contribution in [3.63, 3.8) is 0 Å². The van der Waals surface area contributed by atoms with Crippen LogP contribution in [-0.2, 0) is 20.0 Å². The minimum absolute atomic E-state index is 0.0635. The molecule has 0 radical (unpaired) electrons. The third-order valence-corrected chi connectivity index (χ3v) is 8.83. The fourth-order valence-corrected chi connectivity index (χ4v) is 7.14. The summed E-state index contributed by atoms with van der Waals surface area (Å²) in [7, 11) is -7.19. The number of hydrogen-bond acceptors (Lipinski definition) is 5. The van der Waals surface area contributed by atoms with E-state index in [9.17, 15) is 16.8 Å². The molecular weight excluding hydrogens is 398 g/mol. The first-order valence-electron chi connectivity index (χ1n) is 8.41. The average Bonchev–Trinajstić information content (AvgIpc) is 2.68. The molecule has 3 aromatic rings. The Morgan fingerprint density at radius 1 is 0.893 bits per heavy atom. The van der Waals surface area contributed by atoms with E-state index in [1.54, 1.807) is 42.5 Å². The number of aryl methyl sites for hydroxylation is 1. The molecular formula is C20H17NO5S2. The number of hydrogen-bond donors (Lipinski definition) is 0. The van der Waals surface area contributed by atoms with E-state index >= 15 is 0 Å². The monoisotopic (exact) mass is 415 g/mol. The maximum absolute atomic E-state index is 13.4. The van der Waals surface area contributed by atoms with Crippen LogP contribution in [0.5, 0.6) is 5.75 Å². The molecule has 0 atom stereocenters. The lowest BCUT2D eigenvalue weighted by molar-refractivity contribution is 0.415. The molecule has 0 aliphatic carbocycles. The van der Waals surface area contributed by atoms with Crippen molar-refractivity contribution >= 4 is 25.7 Å². The van der Waals surface area contributed by atoms with Crippen molar-refractivity contribution in [2.75, 3.05) is 10.8 Å². The van der Waals surface area contributed by atoms with Gasteiger partial charge in [-0.3, -0.25) is 0 Å². The van der Waals surface area contributed by atoms with Gasteiger partial charge in [0.05, 0.1) is 22.6 Å². The van der Waals surface area contributed by atoms with E-state index in [1.165, 1.54) is 31.4 Å². The normalized spacial score (nSPS) is 14.9. The second-order valence-corrected chi connectivity index (χ2v) is 10.2. The molecule has 0 saturated heterocycles. The maximum Gasteiger partial charge on any atom is 0.278 e. The topological polar surface area (TPSA) is 80.8 Å². The highest BCUT2D eigenvalue weighted by Gasteiger charge is 2.43. The zero-order valence-electron chi connectivity index (χ0n) is 15.2. The van der Waals surface area contributed by atoms with E-state index < -0.39 is 20.0 Å². The predicted molar refractivity (Wildman–Crippen MR) is 106 cm³/mol. The van der Waals surface area contributed by atoms with Gasteiger partial charge in [0.1, 0.15) is 5.75 Å². The standard InChI is InChI=1S/C20H17NO5S2/c1-14-7-10-16(11-8-14)27(22,23)21-19-12-9-15(26-2)13-18(19)17-5-3-4-6-20(17)28(21,24)25/h3-13H,1-2H3. The van der Waals surface area contributed by atoms with Crippen LogP contribution in [0.15, 0.2) is 76.5 Å². The molecule has 144 valence electrons. The quantitative estimate of drug-likeness (QED) is 0.653. The van der Waals surface area contributed by atoms with Crippen LogP contribution in [0, 0.1) is 6.92 Å². The van der Waals surface area contributed by atoms with Crippen LogP contribution >= 0.6 is 0 Å². The molecule has 0 N–H and O–H groups in total. The first kappa shape index (κ1) is 18.5. The van der Waals surface area contributed by atoms with Gasteiger partial charge in [-0.15, -0.1) is 0 Å². The molecule has 1 aliphatic heterocycles. The molecule has 4 rings (SSSR count). The third kappa shape index (κ3) is 2.68. The van der Waals surface area contributed by atoms with Crippen LogP contribution in [0.4, 0.5) is 5.69 Å². The molecule has 8 heteroatoms. The number of nitrogens with zero attached hydrogens (tertiary/aromatic N) is 1. The number of fused-ring (bicyclic) bond motifs is 3. The van der Waals surface area contributed by atoms with E-state index in [1.807, 2.05) is 6.92 Å². The smallest absolute Gasteiger partial charge is 0.278 e. The second kappa shape index (κ2) is 6.35. The lowest BCUT2D eigenvalue weighted by atomic mass is 10.0. The maximum atomic E-state index is 13.4. The van der Waals surface area contributed by atoms with Crippen molar-refractivity contribution in [2.24, 2.45) is 0 Å². The molecule has 0 spiro atoms. The van der Waals surface area contributed by atoms with E-state index in [-0.39, 0.29) is 15.5 Å². The van der Waals surface area contributed by atoms with Gasteiger partial charge in [-0.25, -0.2) is 8.42 Å². The molecule has 0 bridgehead atoms. The minimum Gasteiger partial charge on any atom is -0.497 e. The van der Waals surface area contributed by atoms with E-state index in [0.717, 1.165) is 5.56 Å². The molecule has 6 nitrogen and oxygen atoms in total. The van der Waals surface area contributed by atoms with Crippen LogP contribution < -0.4 is 8.45 Å². The van der Waals surface area contributed by atoms with Gasteiger partial charge in [0.25, 0.3) is 20.0 Å². The van der Waals surface area contributed by atoms with Gasteiger partial charge in [-0.2, -0.15) is 12.1 Å². The van der Waals surface area contributed by atoms with Crippen molar-refractivity contribution in [3.05, 3.63) is 72.3 Å². The lowest BCUT2D eigenvalue weighted by Gasteiger charge is -2.31. The Hall–Kier alpha value is -2.84. The van der Waals surface area contributed by atoms with Crippen molar-refractivity contribution in [2.45, 2.75) is 16.7 Å². The summed E-state index contributed by atoms with van der Waals surface area (Å²) in [6.45, 7) is 1.83. The Labute approximate surface area is 164 Å². The van der Waals surface area contributed by atoms with Crippen LogP contribution in [-0.4, -0.2) is 23.9 Å². The number of benzene rings is 3. The van der Waals surface area contributed by atoms with Crippen molar-refractivity contribution < 1.29 is 21.6 Å². The first-order chi connectivity index (χ1) is 13.3. The van der Waals surface area contributed by atoms with Crippen molar-refractivity contribution in [3.8, 4) is 16.9 Å². The zero-order valence-corrected chi connectivity index (χ0v) is 16.8. The summed E-state index contributed by atoms with van der Waals surface area (Å²) < 4.78 is 59.1. The SMILES string of the molecule is COc1ccc2c(c1)-c1ccccc1S(=O)(=O)N2S(=O)(=O)c1ccc(C)cc1. The van der Waals surface area contributed by atoms with Crippen molar-refractivity contribution in [1.82, 2.24) is 0 Å². The van der Waals surface area contributed by atoms with Crippen LogP contribution in [0.1, 0.15) is 5.56 Å². The van der Waals surface area contributed by atoms with Gasteiger partial charge >= 0.3 is 0 Å². The second-order valence-electron chi connectivity index (χ2n) is 6.40. The number of rotatable bonds is 3. The molecule has 0 saturated carbocycles. The molecule has 0 aromatic heterocycles. The van der Waals surface area contributed by atoms with Gasteiger partial charge in [-0.05, 0) is 43.3 Å². The first-order valence-corrected chi connectivity index (χ1v) is 11.3. The Bertz CT molecular complexity index is 1280. The van der Waals surface area contributed by atoms with Crippen molar-refractivity contribution in [1.29, 1.82) is 0 Å². The molecule has 1 heterocycles. The summed E-state index contributed by atoms with van der Waals surface area (Å²) in [5.41, 5.74) is 1.85. The summed E-state index contributed by atoms with van der Waals surface area (Å²) in [4.78, 5) is -0.158. The van der Waals surface area contributed by atoms with E-state index in [4.69, 9.17) is 4.74 Å². The number of sulfonamides is 2. The Morgan fingerprint density at radius 3 is 2.25 bits per heavy atom. The molecule has 0 unspecified atom stereocenters. The Balaban J connectivity index is 2.05. The molecule has 0 amide bonds. The fourth-order valence-electron chi connectivity index (χ4n) is 3.21. The number of ether oxygens (including phenoxy) is 1. The highest BCUT2D eigenvalue weighted by atomic mass is 32.3. The van der Waals surface area contributed by atoms with Gasteiger partial charge in [-0.1, -0.05) is 35.9 Å².